The number of hydrogen-bond acceptors (Lipinski definition) is 10. The molecule has 307 valence electrons. The predicted molar refractivity (Wildman–Crippen MR) is 264 cm³/mol. The minimum absolute atomic E-state index is 0.528. The second-order valence-corrected chi connectivity index (χ2v) is 17.4. The molecule has 0 atom stereocenters. The van der Waals surface area contributed by atoms with Crippen LogP contribution in [0.2, 0.25) is 0 Å². The van der Waals surface area contributed by atoms with Crippen molar-refractivity contribution in [2.75, 3.05) is 0 Å². The van der Waals surface area contributed by atoms with Gasteiger partial charge in [0.1, 0.15) is 5.75 Å². The third-order valence-electron chi connectivity index (χ3n) is 10.4. The van der Waals surface area contributed by atoms with E-state index in [4.69, 9.17) is 18.5 Å². The van der Waals surface area contributed by atoms with E-state index in [2.05, 4.69) is 109 Å². The molecule has 8 aromatic carbocycles. The number of halogens is 1. The van der Waals surface area contributed by atoms with Gasteiger partial charge in [-0.15, -0.1) is 43.1 Å². The van der Waals surface area contributed by atoms with Crippen LogP contribution in [0.4, 0.5) is 0 Å². The number of hydrogen-bond donors (Lipinski definition) is 1. The fourth-order valence-corrected chi connectivity index (χ4v) is 9.97. The molecule has 1 radical (unpaired) electrons. The first kappa shape index (κ1) is 40.8. The van der Waals surface area contributed by atoms with Crippen LogP contribution in [0, 0.1) is 0 Å². The minimum Gasteiger partial charge on any atom is -0.536 e. The maximum atomic E-state index is 8.71. The van der Waals surface area contributed by atoms with Crippen LogP contribution in [0.3, 0.4) is 0 Å². The molecular formula is C52H33BBrN4O4S2. The van der Waals surface area contributed by atoms with E-state index in [0.717, 1.165) is 39.1 Å². The lowest BCUT2D eigenvalue weighted by Gasteiger charge is -2.04. The fraction of sp³-hybridized carbons (Fsp3) is 0. The van der Waals surface area contributed by atoms with Gasteiger partial charge < -0.3 is 18.5 Å². The summed E-state index contributed by atoms with van der Waals surface area (Å²) in [5.74, 6) is 2.82. The lowest BCUT2D eigenvalue weighted by Crippen LogP contribution is -1.99. The van der Waals surface area contributed by atoms with Crippen LogP contribution in [0.1, 0.15) is 0 Å². The van der Waals surface area contributed by atoms with Gasteiger partial charge in [-0.1, -0.05) is 131 Å². The molecule has 12 aromatic rings. The minimum atomic E-state index is 0.528. The fourth-order valence-electron chi connectivity index (χ4n) is 7.30. The molecule has 0 aliphatic rings. The molecule has 4 aromatic heterocycles. The van der Waals surface area contributed by atoms with E-state index >= 15 is 0 Å². The Hall–Kier alpha value is -7.22. The van der Waals surface area contributed by atoms with E-state index in [9.17, 15) is 0 Å². The van der Waals surface area contributed by atoms with Crippen LogP contribution in [0.25, 0.3) is 97.3 Å². The molecule has 0 amide bonds. The van der Waals surface area contributed by atoms with Crippen LogP contribution in [0.5, 0.6) is 5.75 Å². The molecule has 0 unspecified atom stereocenters. The highest BCUT2D eigenvalue weighted by molar-refractivity contribution is 9.10. The van der Waals surface area contributed by atoms with Crippen LogP contribution in [-0.2, 0) is 0 Å². The Morgan fingerprint density at radius 3 is 1.34 bits per heavy atom. The summed E-state index contributed by atoms with van der Waals surface area (Å²) in [7, 11) is 0.721. The Labute approximate surface area is 384 Å². The van der Waals surface area contributed by atoms with Crippen LogP contribution < -0.4 is 4.65 Å². The Kier molecular flexibility index (Phi) is 11.9. The summed E-state index contributed by atoms with van der Waals surface area (Å²) in [6, 6.07) is 64.9. The van der Waals surface area contributed by atoms with E-state index in [1.54, 1.807) is 11.3 Å². The first-order valence-electron chi connectivity index (χ1n) is 20.2. The number of fused-ring (bicyclic) bond motifs is 6. The molecule has 0 bridgehead atoms. The molecule has 0 aliphatic heterocycles. The second-order valence-electron chi connectivity index (χ2n) is 14.4. The summed E-state index contributed by atoms with van der Waals surface area (Å²) in [5, 5.41) is 30.3. The number of benzene rings is 8. The predicted octanol–water partition coefficient (Wildman–Crippen LogP) is 14.6. The van der Waals surface area contributed by atoms with Gasteiger partial charge in [0.2, 0.25) is 23.6 Å². The van der Waals surface area contributed by atoms with Gasteiger partial charge in [-0.2, -0.15) is 0 Å². The monoisotopic (exact) mass is 931 g/mol. The number of thiophene rings is 2. The van der Waals surface area contributed by atoms with Gasteiger partial charge in [0.25, 0.3) is 0 Å². The highest BCUT2D eigenvalue weighted by Crippen LogP contribution is 2.41. The average molecular weight is 933 g/mol. The van der Waals surface area contributed by atoms with Gasteiger partial charge in [-0.3, -0.25) is 0 Å². The van der Waals surface area contributed by atoms with E-state index in [0.29, 0.717) is 29.3 Å². The molecule has 8 nitrogen and oxygen atoms in total. The zero-order valence-electron chi connectivity index (χ0n) is 33.7. The van der Waals surface area contributed by atoms with Gasteiger partial charge >= 0.3 is 7.69 Å². The SMILES string of the molecule is Brc1ccc(-c2nnc(-c3ccccc3)o2)cc1.O[B]Oc1cccc2c1sc1ccccc12.c1ccc(-c2nnc(-c3ccc(-c4cccc5c4sc4ccccc45)cc3)o2)cc1. The molecule has 0 fully saturated rings. The van der Waals surface area contributed by atoms with E-state index in [1.165, 1.54) is 46.8 Å². The van der Waals surface area contributed by atoms with Gasteiger partial charge in [0.05, 0.1) is 4.70 Å². The summed E-state index contributed by atoms with van der Waals surface area (Å²) < 4.78 is 22.6. The maximum absolute atomic E-state index is 8.71. The Balaban J connectivity index is 0.000000122. The molecule has 0 aliphatic carbocycles. The number of nitrogens with zero attached hydrogens (tertiary/aromatic N) is 4. The lowest BCUT2D eigenvalue weighted by molar-refractivity contribution is 0.457. The molecular weight excluding hydrogens is 899 g/mol. The van der Waals surface area contributed by atoms with Crippen molar-refractivity contribution in [1.29, 1.82) is 0 Å². The van der Waals surface area contributed by atoms with Crippen molar-refractivity contribution in [3.63, 3.8) is 0 Å². The zero-order chi connectivity index (χ0) is 43.2. The van der Waals surface area contributed by atoms with Gasteiger partial charge in [0, 0.05) is 62.4 Å². The van der Waals surface area contributed by atoms with E-state index in [1.807, 2.05) is 133 Å². The van der Waals surface area contributed by atoms with Crippen molar-refractivity contribution in [1.82, 2.24) is 20.4 Å². The molecule has 4 heterocycles. The second kappa shape index (κ2) is 18.6. The van der Waals surface area contributed by atoms with Gasteiger partial charge in [0.15, 0.2) is 0 Å². The Morgan fingerprint density at radius 2 is 0.812 bits per heavy atom. The van der Waals surface area contributed by atoms with Crippen molar-refractivity contribution in [2.24, 2.45) is 0 Å². The molecule has 0 saturated heterocycles. The summed E-state index contributed by atoms with van der Waals surface area (Å²) in [5.41, 5.74) is 6.09. The van der Waals surface area contributed by atoms with Crippen molar-refractivity contribution >= 4 is 86.6 Å². The van der Waals surface area contributed by atoms with Crippen molar-refractivity contribution in [3.8, 4) is 62.7 Å². The van der Waals surface area contributed by atoms with Crippen molar-refractivity contribution in [2.45, 2.75) is 0 Å². The van der Waals surface area contributed by atoms with Crippen molar-refractivity contribution in [3.05, 3.63) is 199 Å². The first-order chi connectivity index (χ1) is 31.6. The molecule has 12 heteroatoms. The quantitative estimate of drug-likeness (QED) is 0.158. The van der Waals surface area contributed by atoms with Crippen LogP contribution in [0.15, 0.2) is 207 Å². The topological polar surface area (TPSA) is 107 Å². The molecule has 1 N–H and O–H groups in total. The normalized spacial score (nSPS) is 11.0. The van der Waals surface area contributed by atoms with Crippen LogP contribution in [-0.4, -0.2) is 33.1 Å². The number of aromatic nitrogens is 4. The molecule has 0 saturated carbocycles. The summed E-state index contributed by atoms with van der Waals surface area (Å²) in [6.45, 7) is 0. The first-order valence-corrected chi connectivity index (χ1v) is 22.6. The van der Waals surface area contributed by atoms with Gasteiger partial charge in [-0.25, -0.2) is 0 Å². The van der Waals surface area contributed by atoms with Gasteiger partial charge in [-0.05, 0) is 90.0 Å². The zero-order valence-corrected chi connectivity index (χ0v) is 36.9. The van der Waals surface area contributed by atoms with Crippen molar-refractivity contribution < 1.29 is 18.5 Å². The molecule has 64 heavy (non-hydrogen) atoms. The highest BCUT2D eigenvalue weighted by Gasteiger charge is 2.14. The largest absolute Gasteiger partial charge is 0.569 e. The summed E-state index contributed by atoms with van der Waals surface area (Å²) in [6.07, 6.45) is 0. The summed E-state index contributed by atoms with van der Waals surface area (Å²) >= 11 is 6.91. The third kappa shape index (κ3) is 8.60. The van der Waals surface area contributed by atoms with E-state index in [-0.39, 0.29) is 0 Å². The molecule has 0 spiro atoms. The average Bonchev–Trinajstić information content (AvgIpc) is 4.19. The Morgan fingerprint density at radius 1 is 0.406 bits per heavy atom. The molecule has 12 rings (SSSR count). The highest BCUT2D eigenvalue weighted by atomic mass is 79.9. The van der Waals surface area contributed by atoms with E-state index < -0.39 is 0 Å². The smallest absolute Gasteiger partial charge is 0.536 e. The van der Waals surface area contributed by atoms with Crippen LogP contribution >= 0.6 is 38.6 Å². The maximum Gasteiger partial charge on any atom is 0.569 e. The lowest BCUT2D eigenvalue weighted by atomic mass is 10.0. The Bertz CT molecular complexity index is 3480. The summed E-state index contributed by atoms with van der Waals surface area (Å²) in [4.78, 5) is 0. The number of rotatable bonds is 7. The third-order valence-corrected chi connectivity index (χ3v) is 13.3. The standard InChI is InChI=1S/C26H16N2OS.C14H9BrN2O.C12H8BO2S/c1-2-7-18(8-3-1)25-27-28-26(29-25)19-15-13-17(14-16-19)20-10-6-11-22-21-9-4-5-12-23(21)30-24(20)22;15-12-8-6-11(7-9-12)14-17-16-13(18-14)10-4-2-1-3-5-10;14-13-15-10-6-3-5-9-8-4-1-2-7-11(8)16-12(9)10/h1-16H;1-9H;1-7,14H.